The van der Waals surface area contributed by atoms with Crippen molar-refractivity contribution in [3.05, 3.63) is 0 Å². The Morgan fingerprint density at radius 2 is 1.70 bits per heavy atom. The van der Waals surface area contributed by atoms with Crippen molar-refractivity contribution in [2.75, 3.05) is 19.6 Å². The molecule has 1 heterocycles. The van der Waals surface area contributed by atoms with Gasteiger partial charge in [-0.3, -0.25) is 4.90 Å². The van der Waals surface area contributed by atoms with Crippen LogP contribution in [-0.2, 0) is 0 Å². The van der Waals surface area contributed by atoms with Crippen LogP contribution in [0.25, 0.3) is 0 Å². The molecular weight excluding hydrogens is 244 g/mol. The van der Waals surface area contributed by atoms with Gasteiger partial charge in [0.05, 0.1) is 0 Å². The topological polar surface area (TPSA) is 29.3 Å². The van der Waals surface area contributed by atoms with Gasteiger partial charge in [-0.25, -0.2) is 0 Å². The lowest BCUT2D eigenvalue weighted by Gasteiger charge is -2.35. The molecule has 0 aromatic rings. The van der Waals surface area contributed by atoms with Gasteiger partial charge in [-0.1, -0.05) is 45.4 Å². The summed E-state index contributed by atoms with van der Waals surface area (Å²) in [6, 6.07) is 0.675. The lowest BCUT2D eigenvalue weighted by molar-refractivity contribution is 0.138. The standard InChI is InChI=1S/C18H36N2/c1-2-8-16-9-7-13-20(14-12-16)18(15-19)17-10-5-3-4-6-11-17/h16-18H,2-15,19H2,1H3. The number of hydrogen-bond acceptors (Lipinski definition) is 2. The molecule has 2 heteroatoms. The minimum Gasteiger partial charge on any atom is -0.329 e. The van der Waals surface area contributed by atoms with Crippen molar-refractivity contribution in [3.63, 3.8) is 0 Å². The second-order valence-electron chi connectivity index (χ2n) is 7.18. The van der Waals surface area contributed by atoms with Crippen molar-refractivity contribution in [3.8, 4) is 0 Å². The number of rotatable bonds is 5. The summed E-state index contributed by atoms with van der Waals surface area (Å²) in [5.74, 6) is 1.86. The Morgan fingerprint density at radius 3 is 2.35 bits per heavy atom. The SMILES string of the molecule is CCCC1CCCN(C(CN)C2CCCCCC2)CC1. The van der Waals surface area contributed by atoms with Crippen molar-refractivity contribution in [2.24, 2.45) is 17.6 Å². The molecule has 2 aliphatic rings. The van der Waals surface area contributed by atoms with E-state index in [2.05, 4.69) is 11.8 Å². The van der Waals surface area contributed by atoms with Gasteiger partial charge in [-0.05, 0) is 57.0 Å². The molecule has 1 aliphatic carbocycles. The lowest BCUT2D eigenvalue weighted by atomic mass is 9.90. The minimum absolute atomic E-state index is 0.675. The Balaban J connectivity index is 1.89. The third kappa shape index (κ3) is 4.73. The van der Waals surface area contributed by atoms with Crippen LogP contribution < -0.4 is 5.73 Å². The van der Waals surface area contributed by atoms with Crippen LogP contribution in [0.4, 0.5) is 0 Å². The summed E-state index contributed by atoms with van der Waals surface area (Å²) >= 11 is 0. The van der Waals surface area contributed by atoms with Crippen LogP contribution in [0.15, 0.2) is 0 Å². The van der Waals surface area contributed by atoms with Crippen molar-refractivity contribution in [2.45, 2.75) is 83.6 Å². The van der Waals surface area contributed by atoms with E-state index in [1.807, 2.05) is 0 Å². The van der Waals surface area contributed by atoms with Crippen LogP contribution in [-0.4, -0.2) is 30.6 Å². The zero-order valence-electron chi connectivity index (χ0n) is 13.7. The van der Waals surface area contributed by atoms with Gasteiger partial charge in [0.15, 0.2) is 0 Å². The van der Waals surface area contributed by atoms with E-state index in [-0.39, 0.29) is 0 Å². The first-order valence-corrected chi connectivity index (χ1v) is 9.29. The van der Waals surface area contributed by atoms with Gasteiger partial charge in [-0.15, -0.1) is 0 Å². The molecule has 2 N–H and O–H groups in total. The maximum Gasteiger partial charge on any atom is 0.0246 e. The molecule has 0 aromatic carbocycles. The van der Waals surface area contributed by atoms with Crippen LogP contribution >= 0.6 is 0 Å². The predicted octanol–water partition coefficient (Wildman–Crippen LogP) is 4.19. The molecule has 2 fully saturated rings. The molecule has 2 nitrogen and oxygen atoms in total. The molecule has 1 aliphatic heterocycles. The summed E-state index contributed by atoms with van der Waals surface area (Å²) in [6.07, 6.45) is 15.7. The first-order valence-electron chi connectivity index (χ1n) is 9.29. The number of nitrogens with two attached hydrogens (primary N) is 1. The molecule has 2 atom stereocenters. The molecule has 1 saturated heterocycles. The quantitative estimate of drug-likeness (QED) is 0.765. The molecule has 2 rings (SSSR count). The summed E-state index contributed by atoms with van der Waals surface area (Å²) in [7, 11) is 0. The average molecular weight is 280 g/mol. The highest BCUT2D eigenvalue weighted by molar-refractivity contribution is 4.84. The fourth-order valence-electron chi connectivity index (χ4n) is 4.55. The van der Waals surface area contributed by atoms with Crippen LogP contribution in [0.2, 0.25) is 0 Å². The fraction of sp³-hybridized carbons (Fsp3) is 1.00. The maximum atomic E-state index is 6.19. The Kier molecular flexibility index (Phi) is 7.37. The molecular formula is C18H36N2. The van der Waals surface area contributed by atoms with Crippen molar-refractivity contribution >= 4 is 0 Å². The molecule has 0 amide bonds. The number of nitrogens with zero attached hydrogens (tertiary/aromatic N) is 1. The highest BCUT2D eigenvalue weighted by atomic mass is 15.2. The molecule has 0 bridgehead atoms. The Morgan fingerprint density at radius 1 is 0.950 bits per heavy atom. The van der Waals surface area contributed by atoms with E-state index in [1.54, 1.807) is 0 Å². The second kappa shape index (κ2) is 9.04. The normalized spacial score (nSPS) is 28.8. The molecule has 0 aromatic heterocycles. The fourth-order valence-corrected chi connectivity index (χ4v) is 4.55. The zero-order valence-corrected chi connectivity index (χ0v) is 13.7. The number of likely N-dealkylation sites (tertiary alicyclic amines) is 1. The van der Waals surface area contributed by atoms with Gasteiger partial charge in [0, 0.05) is 12.6 Å². The van der Waals surface area contributed by atoms with E-state index < -0.39 is 0 Å². The smallest absolute Gasteiger partial charge is 0.0246 e. The van der Waals surface area contributed by atoms with Crippen LogP contribution in [0, 0.1) is 11.8 Å². The second-order valence-corrected chi connectivity index (χ2v) is 7.18. The van der Waals surface area contributed by atoms with E-state index in [0.717, 1.165) is 18.4 Å². The zero-order chi connectivity index (χ0) is 14.2. The number of hydrogen-bond donors (Lipinski definition) is 1. The van der Waals surface area contributed by atoms with E-state index in [1.165, 1.54) is 83.7 Å². The molecule has 20 heavy (non-hydrogen) atoms. The monoisotopic (exact) mass is 280 g/mol. The van der Waals surface area contributed by atoms with Crippen molar-refractivity contribution in [1.82, 2.24) is 4.90 Å². The first kappa shape index (κ1) is 16.3. The molecule has 118 valence electrons. The molecule has 2 unspecified atom stereocenters. The largest absolute Gasteiger partial charge is 0.329 e. The Bertz CT molecular complexity index is 246. The Hall–Kier alpha value is -0.0800. The summed E-state index contributed by atoms with van der Waals surface area (Å²) in [6.45, 7) is 5.82. The third-order valence-electron chi connectivity index (χ3n) is 5.73. The predicted molar refractivity (Wildman–Crippen MR) is 87.9 cm³/mol. The highest BCUT2D eigenvalue weighted by Gasteiger charge is 2.28. The third-order valence-corrected chi connectivity index (χ3v) is 5.73. The van der Waals surface area contributed by atoms with E-state index in [9.17, 15) is 0 Å². The van der Waals surface area contributed by atoms with Crippen LogP contribution in [0.1, 0.15) is 77.6 Å². The summed E-state index contributed by atoms with van der Waals surface area (Å²) < 4.78 is 0. The van der Waals surface area contributed by atoms with Crippen LogP contribution in [0.3, 0.4) is 0 Å². The summed E-state index contributed by atoms with van der Waals surface area (Å²) in [5.41, 5.74) is 6.19. The van der Waals surface area contributed by atoms with Gasteiger partial charge < -0.3 is 5.73 Å². The van der Waals surface area contributed by atoms with E-state index in [4.69, 9.17) is 5.73 Å². The first-order chi connectivity index (χ1) is 9.85. The van der Waals surface area contributed by atoms with Gasteiger partial charge in [0.1, 0.15) is 0 Å². The minimum atomic E-state index is 0.675. The highest BCUT2D eigenvalue weighted by Crippen LogP contribution is 2.30. The van der Waals surface area contributed by atoms with Gasteiger partial charge in [0.2, 0.25) is 0 Å². The molecule has 0 radical (unpaired) electrons. The summed E-state index contributed by atoms with van der Waals surface area (Å²) in [4.78, 5) is 2.77. The molecule has 0 spiro atoms. The van der Waals surface area contributed by atoms with Gasteiger partial charge in [-0.2, -0.15) is 0 Å². The molecule has 1 saturated carbocycles. The van der Waals surface area contributed by atoms with Crippen molar-refractivity contribution in [1.29, 1.82) is 0 Å². The van der Waals surface area contributed by atoms with Crippen molar-refractivity contribution < 1.29 is 0 Å². The van der Waals surface area contributed by atoms with Crippen LogP contribution in [0.5, 0.6) is 0 Å². The average Bonchev–Trinajstić information content (AvgIpc) is 2.84. The van der Waals surface area contributed by atoms with E-state index >= 15 is 0 Å². The van der Waals surface area contributed by atoms with E-state index in [0.29, 0.717) is 6.04 Å². The van der Waals surface area contributed by atoms with Gasteiger partial charge >= 0.3 is 0 Å². The maximum absolute atomic E-state index is 6.19. The summed E-state index contributed by atoms with van der Waals surface area (Å²) in [5, 5.41) is 0. The van der Waals surface area contributed by atoms with Gasteiger partial charge in [0.25, 0.3) is 0 Å². The Labute approximate surface area is 126 Å². The lowest BCUT2D eigenvalue weighted by Crippen LogP contribution is -2.46.